The second kappa shape index (κ2) is 3.38. The highest BCUT2D eigenvalue weighted by atomic mass is 15.4. The normalized spacial score (nSPS) is 20.9. The lowest BCUT2D eigenvalue weighted by molar-refractivity contribution is 0.729. The average Bonchev–Trinajstić information content (AvgIpc) is 2.86. The molecule has 0 radical (unpaired) electrons. The highest BCUT2D eigenvalue weighted by Crippen LogP contribution is 2.23. The molecule has 0 saturated carbocycles. The van der Waals surface area contributed by atoms with E-state index in [-0.39, 0.29) is 6.04 Å². The maximum absolute atomic E-state index is 5.89. The first-order valence-corrected chi connectivity index (χ1v) is 5.26. The van der Waals surface area contributed by atoms with Crippen molar-refractivity contribution in [2.24, 2.45) is 12.8 Å². The zero-order valence-corrected chi connectivity index (χ0v) is 9.04. The van der Waals surface area contributed by atoms with Crippen molar-refractivity contribution >= 4 is 17.0 Å². The predicted molar refractivity (Wildman–Crippen MR) is 58.9 cm³/mol. The van der Waals surface area contributed by atoms with E-state index in [2.05, 4.69) is 25.2 Å². The quantitative estimate of drug-likeness (QED) is 0.682. The van der Waals surface area contributed by atoms with Gasteiger partial charge >= 0.3 is 0 Å². The van der Waals surface area contributed by atoms with Gasteiger partial charge in [-0.1, -0.05) is 5.21 Å². The van der Waals surface area contributed by atoms with E-state index in [1.54, 1.807) is 11.0 Å². The number of nitrogens with zero attached hydrogens (tertiary/aromatic N) is 6. The molecule has 1 saturated heterocycles. The lowest BCUT2D eigenvalue weighted by Crippen LogP contribution is -2.27. The van der Waals surface area contributed by atoms with Crippen LogP contribution >= 0.6 is 0 Å². The Bertz CT molecular complexity index is 520. The number of aromatic nitrogens is 5. The van der Waals surface area contributed by atoms with Crippen LogP contribution in [0.4, 0.5) is 5.82 Å². The van der Waals surface area contributed by atoms with Crippen molar-refractivity contribution in [3.63, 3.8) is 0 Å². The van der Waals surface area contributed by atoms with E-state index < -0.39 is 0 Å². The second-order valence-electron chi connectivity index (χ2n) is 4.08. The summed E-state index contributed by atoms with van der Waals surface area (Å²) in [5.41, 5.74) is 7.39. The molecule has 0 aromatic carbocycles. The molecular weight excluding hydrogens is 206 g/mol. The zero-order valence-electron chi connectivity index (χ0n) is 9.04. The Morgan fingerprint density at radius 2 is 2.31 bits per heavy atom. The van der Waals surface area contributed by atoms with Gasteiger partial charge in [0, 0.05) is 26.2 Å². The molecule has 2 N–H and O–H groups in total. The number of fused-ring (bicyclic) bond motifs is 1. The second-order valence-corrected chi connectivity index (χ2v) is 4.08. The first-order chi connectivity index (χ1) is 7.75. The highest BCUT2D eigenvalue weighted by Gasteiger charge is 2.23. The monoisotopic (exact) mass is 219 g/mol. The van der Waals surface area contributed by atoms with Crippen LogP contribution in [0.5, 0.6) is 0 Å². The SMILES string of the molecule is Cn1nnc2c(N3CCC(N)C3)ncnc21. The largest absolute Gasteiger partial charge is 0.353 e. The van der Waals surface area contributed by atoms with E-state index in [0.29, 0.717) is 0 Å². The van der Waals surface area contributed by atoms with Gasteiger partial charge in [0.15, 0.2) is 17.0 Å². The first kappa shape index (κ1) is 9.46. The zero-order chi connectivity index (χ0) is 11.1. The summed E-state index contributed by atoms with van der Waals surface area (Å²) in [5, 5.41) is 8.05. The van der Waals surface area contributed by atoms with Crippen molar-refractivity contribution in [2.75, 3.05) is 18.0 Å². The molecule has 1 aliphatic rings. The van der Waals surface area contributed by atoms with E-state index >= 15 is 0 Å². The molecule has 0 aliphatic carbocycles. The van der Waals surface area contributed by atoms with Crippen LogP contribution in [0.2, 0.25) is 0 Å². The third-order valence-electron chi connectivity index (χ3n) is 2.89. The van der Waals surface area contributed by atoms with Gasteiger partial charge in [-0.25, -0.2) is 14.6 Å². The highest BCUT2D eigenvalue weighted by molar-refractivity contribution is 5.82. The van der Waals surface area contributed by atoms with Gasteiger partial charge in [-0.05, 0) is 6.42 Å². The first-order valence-electron chi connectivity index (χ1n) is 5.26. The topological polar surface area (TPSA) is 85.8 Å². The van der Waals surface area contributed by atoms with E-state index in [1.807, 2.05) is 7.05 Å². The summed E-state index contributed by atoms with van der Waals surface area (Å²) in [6.07, 6.45) is 2.54. The third-order valence-corrected chi connectivity index (χ3v) is 2.89. The number of hydrogen-bond donors (Lipinski definition) is 1. The smallest absolute Gasteiger partial charge is 0.183 e. The van der Waals surface area contributed by atoms with Crippen molar-refractivity contribution in [3.05, 3.63) is 6.33 Å². The van der Waals surface area contributed by atoms with Crippen LogP contribution in [0, 0.1) is 0 Å². The summed E-state index contributed by atoms with van der Waals surface area (Å²) in [6, 6.07) is 0.224. The molecule has 1 unspecified atom stereocenters. The van der Waals surface area contributed by atoms with Gasteiger partial charge in [0.25, 0.3) is 0 Å². The van der Waals surface area contributed by atoms with Crippen LogP contribution in [0.1, 0.15) is 6.42 Å². The van der Waals surface area contributed by atoms with Gasteiger partial charge in [0.05, 0.1) is 0 Å². The summed E-state index contributed by atoms with van der Waals surface area (Å²) in [6.45, 7) is 1.74. The molecule has 1 atom stereocenters. The molecule has 1 fully saturated rings. The van der Waals surface area contributed by atoms with E-state index in [0.717, 1.165) is 36.5 Å². The molecular formula is C9H13N7. The molecule has 0 bridgehead atoms. The number of aryl methyl sites for hydroxylation is 1. The van der Waals surface area contributed by atoms with Crippen LogP contribution in [0.25, 0.3) is 11.2 Å². The van der Waals surface area contributed by atoms with Crippen molar-refractivity contribution in [1.29, 1.82) is 0 Å². The van der Waals surface area contributed by atoms with Crippen LogP contribution in [0.3, 0.4) is 0 Å². The fraction of sp³-hybridized carbons (Fsp3) is 0.556. The van der Waals surface area contributed by atoms with Crippen LogP contribution in [-0.4, -0.2) is 44.1 Å². The molecule has 7 nitrogen and oxygen atoms in total. The van der Waals surface area contributed by atoms with Crippen molar-refractivity contribution in [1.82, 2.24) is 25.0 Å². The van der Waals surface area contributed by atoms with Gasteiger partial charge in [-0.2, -0.15) is 0 Å². The molecule has 0 amide bonds. The van der Waals surface area contributed by atoms with Gasteiger partial charge in [0.2, 0.25) is 0 Å². The predicted octanol–water partition coefficient (Wildman–Crippen LogP) is -0.704. The summed E-state index contributed by atoms with van der Waals surface area (Å²) >= 11 is 0. The Morgan fingerprint density at radius 3 is 3.06 bits per heavy atom. The Labute approximate surface area is 92.3 Å². The number of hydrogen-bond acceptors (Lipinski definition) is 6. The molecule has 2 aromatic rings. The molecule has 3 heterocycles. The summed E-state index contributed by atoms with van der Waals surface area (Å²) in [4.78, 5) is 10.6. The van der Waals surface area contributed by atoms with Crippen molar-refractivity contribution < 1.29 is 0 Å². The number of nitrogens with two attached hydrogens (primary N) is 1. The summed E-state index contributed by atoms with van der Waals surface area (Å²) in [5.74, 6) is 0.839. The number of anilines is 1. The average molecular weight is 219 g/mol. The Hall–Kier alpha value is -1.76. The van der Waals surface area contributed by atoms with Crippen LogP contribution in [-0.2, 0) is 7.05 Å². The third kappa shape index (κ3) is 1.32. The maximum atomic E-state index is 5.89. The van der Waals surface area contributed by atoms with E-state index in [4.69, 9.17) is 5.73 Å². The molecule has 3 rings (SSSR count). The minimum atomic E-state index is 0.224. The fourth-order valence-corrected chi connectivity index (χ4v) is 2.05. The fourth-order valence-electron chi connectivity index (χ4n) is 2.05. The van der Waals surface area contributed by atoms with E-state index in [9.17, 15) is 0 Å². The van der Waals surface area contributed by atoms with Gasteiger partial charge in [0.1, 0.15) is 6.33 Å². The lowest BCUT2D eigenvalue weighted by Gasteiger charge is -2.15. The van der Waals surface area contributed by atoms with Gasteiger partial charge in [-0.3, -0.25) is 0 Å². The lowest BCUT2D eigenvalue weighted by atomic mass is 10.3. The van der Waals surface area contributed by atoms with Crippen molar-refractivity contribution in [3.8, 4) is 0 Å². The minimum Gasteiger partial charge on any atom is -0.353 e. The van der Waals surface area contributed by atoms with Crippen molar-refractivity contribution in [2.45, 2.75) is 12.5 Å². The maximum Gasteiger partial charge on any atom is 0.183 e. The number of rotatable bonds is 1. The van der Waals surface area contributed by atoms with Crippen LogP contribution < -0.4 is 10.6 Å². The van der Waals surface area contributed by atoms with Crippen LogP contribution in [0.15, 0.2) is 6.33 Å². The summed E-state index contributed by atoms with van der Waals surface area (Å²) < 4.78 is 1.65. The Kier molecular flexibility index (Phi) is 2.00. The standard InChI is InChI=1S/C9H13N7/c1-15-8-7(13-14-15)9(12-5-11-8)16-3-2-6(10)4-16/h5-6H,2-4,10H2,1H3. The van der Waals surface area contributed by atoms with E-state index in [1.165, 1.54) is 0 Å². The Balaban J connectivity index is 2.09. The molecule has 7 heteroatoms. The van der Waals surface area contributed by atoms with Gasteiger partial charge in [-0.15, -0.1) is 5.10 Å². The summed E-state index contributed by atoms with van der Waals surface area (Å²) in [7, 11) is 1.82. The molecule has 16 heavy (non-hydrogen) atoms. The Morgan fingerprint density at radius 1 is 1.44 bits per heavy atom. The molecule has 84 valence electrons. The molecule has 1 aliphatic heterocycles. The van der Waals surface area contributed by atoms with Gasteiger partial charge < -0.3 is 10.6 Å². The molecule has 2 aromatic heterocycles. The minimum absolute atomic E-state index is 0.224. The molecule has 0 spiro atoms.